The van der Waals surface area contributed by atoms with Crippen molar-refractivity contribution in [3.63, 3.8) is 0 Å². The highest BCUT2D eigenvalue weighted by Gasteiger charge is 2.30. The number of benzene rings is 2. The van der Waals surface area contributed by atoms with E-state index in [1.165, 1.54) is 14.2 Å². The highest BCUT2D eigenvalue weighted by Crippen LogP contribution is 2.44. The van der Waals surface area contributed by atoms with E-state index in [0.29, 0.717) is 29.0 Å². The summed E-state index contributed by atoms with van der Waals surface area (Å²) >= 11 is 0. The van der Waals surface area contributed by atoms with Gasteiger partial charge in [0.1, 0.15) is 36.4 Å². The maximum Gasteiger partial charge on any atom is 0.346 e. The van der Waals surface area contributed by atoms with Crippen LogP contribution in [0.5, 0.6) is 23.0 Å². The molecule has 0 bridgehead atoms. The van der Waals surface area contributed by atoms with Crippen LogP contribution in [0.25, 0.3) is 0 Å². The summed E-state index contributed by atoms with van der Waals surface area (Å²) in [6.07, 6.45) is -1.11. The van der Waals surface area contributed by atoms with Crippen LogP contribution in [-0.2, 0) is 16.1 Å². The van der Waals surface area contributed by atoms with Gasteiger partial charge in [0.2, 0.25) is 0 Å². The minimum atomic E-state index is -0.810. The molecule has 0 saturated heterocycles. The zero-order valence-corrected chi connectivity index (χ0v) is 19.7. The average molecular weight is 461 g/mol. The van der Waals surface area contributed by atoms with Crippen LogP contribution in [0.15, 0.2) is 24.3 Å². The van der Waals surface area contributed by atoms with Crippen molar-refractivity contribution in [3.8, 4) is 23.0 Å². The van der Waals surface area contributed by atoms with Crippen LogP contribution < -0.4 is 14.2 Å². The van der Waals surface area contributed by atoms with Crippen LogP contribution in [0.2, 0.25) is 0 Å². The summed E-state index contributed by atoms with van der Waals surface area (Å²) in [7, 11) is 2.94. The van der Waals surface area contributed by atoms with Gasteiger partial charge in [0, 0.05) is 18.2 Å². The Hall–Kier alpha value is -2.81. The van der Waals surface area contributed by atoms with E-state index in [0.717, 1.165) is 5.56 Å². The Bertz CT molecular complexity index is 985. The van der Waals surface area contributed by atoms with E-state index in [2.05, 4.69) is 0 Å². The molecule has 2 atom stereocenters. The smallest absolute Gasteiger partial charge is 0.346 e. The van der Waals surface area contributed by atoms with Gasteiger partial charge < -0.3 is 33.9 Å². The van der Waals surface area contributed by atoms with E-state index in [9.17, 15) is 15.0 Å². The number of esters is 1. The monoisotopic (exact) mass is 460 g/mol. The molecular weight excluding hydrogens is 428 g/mol. The van der Waals surface area contributed by atoms with Crippen molar-refractivity contribution in [2.24, 2.45) is 5.92 Å². The maximum atomic E-state index is 13.0. The van der Waals surface area contributed by atoms with E-state index in [-0.39, 0.29) is 42.8 Å². The number of carbonyl (C=O) groups is 1. The number of hydrogen-bond acceptors (Lipinski definition) is 8. The molecular formula is C25H32O8. The van der Waals surface area contributed by atoms with Crippen LogP contribution in [-0.4, -0.2) is 49.7 Å². The summed E-state index contributed by atoms with van der Waals surface area (Å²) in [6.45, 7) is 6.00. The Kier molecular flexibility index (Phi) is 8.18. The number of carbonyl (C=O) groups excluding carboxylic acids is 1. The minimum absolute atomic E-state index is 0.00336. The molecule has 1 aliphatic heterocycles. The van der Waals surface area contributed by atoms with Gasteiger partial charge in [-0.1, -0.05) is 13.8 Å². The standard InChI is InChI=1S/C25H32O8/c1-14(2)8-19(27)18-6-7-20-22(24(18)30-5)25(28)32-11-16-9-15(3)10-21(23(16)33-20)31-13-17(26)12-29-4/h6-7,9-10,14,17,19,26-27H,8,11-13H2,1-5H3. The Balaban J connectivity index is 2.04. The Labute approximate surface area is 194 Å². The lowest BCUT2D eigenvalue weighted by molar-refractivity contribution is 0.0317. The Morgan fingerprint density at radius 3 is 2.55 bits per heavy atom. The minimum Gasteiger partial charge on any atom is -0.495 e. The summed E-state index contributed by atoms with van der Waals surface area (Å²) in [5.74, 6) is 0.885. The lowest BCUT2D eigenvalue weighted by Gasteiger charge is -2.24. The second-order valence-electron chi connectivity index (χ2n) is 8.56. The fourth-order valence-corrected chi connectivity index (χ4v) is 3.81. The molecule has 0 radical (unpaired) electrons. The summed E-state index contributed by atoms with van der Waals surface area (Å²) in [5.41, 5.74) is 2.12. The number of rotatable bonds is 9. The molecule has 0 fully saturated rings. The molecule has 180 valence electrons. The first-order valence-corrected chi connectivity index (χ1v) is 10.9. The van der Waals surface area contributed by atoms with Crippen molar-refractivity contribution in [2.45, 2.75) is 46.0 Å². The molecule has 3 rings (SSSR count). The fraction of sp³-hybridized carbons (Fsp3) is 0.480. The molecule has 0 aliphatic carbocycles. The van der Waals surface area contributed by atoms with E-state index >= 15 is 0 Å². The molecule has 1 heterocycles. The number of fused-ring (bicyclic) bond motifs is 2. The van der Waals surface area contributed by atoms with E-state index in [1.54, 1.807) is 18.2 Å². The molecule has 2 unspecified atom stereocenters. The van der Waals surface area contributed by atoms with Crippen molar-refractivity contribution in [2.75, 3.05) is 27.4 Å². The predicted molar refractivity (Wildman–Crippen MR) is 121 cm³/mol. The summed E-state index contributed by atoms with van der Waals surface area (Å²) in [6, 6.07) is 6.95. The third-order valence-electron chi connectivity index (χ3n) is 5.25. The summed E-state index contributed by atoms with van der Waals surface area (Å²) in [4.78, 5) is 13.0. The largest absolute Gasteiger partial charge is 0.495 e. The van der Waals surface area contributed by atoms with Crippen LogP contribution in [0.1, 0.15) is 53.4 Å². The summed E-state index contributed by atoms with van der Waals surface area (Å²) in [5, 5.41) is 20.7. The van der Waals surface area contributed by atoms with E-state index in [1.807, 2.05) is 26.8 Å². The normalized spacial score (nSPS) is 14.8. The SMILES string of the molecule is COCC(O)COc1cc(C)cc2c1Oc1ccc(C(O)CC(C)C)c(OC)c1C(=O)OC2. The molecule has 2 aromatic carbocycles. The van der Waals surface area contributed by atoms with E-state index < -0.39 is 18.2 Å². The third kappa shape index (κ3) is 5.76. The van der Waals surface area contributed by atoms with Crippen LogP contribution in [0, 0.1) is 12.8 Å². The van der Waals surface area contributed by atoms with Gasteiger partial charge in [-0.05, 0) is 49.1 Å². The molecule has 33 heavy (non-hydrogen) atoms. The number of aryl methyl sites for hydroxylation is 1. The van der Waals surface area contributed by atoms with Crippen LogP contribution >= 0.6 is 0 Å². The quantitative estimate of drug-likeness (QED) is 0.543. The second-order valence-corrected chi connectivity index (χ2v) is 8.56. The van der Waals surface area contributed by atoms with Gasteiger partial charge in [0.25, 0.3) is 0 Å². The topological polar surface area (TPSA) is 104 Å². The molecule has 2 aromatic rings. The zero-order valence-electron chi connectivity index (χ0n) is 19.7. The van der Waals surface area contributed by atoms with Gasteiger partial charge >= 0.3 is 5.97 Å². The molecule has 8 heteroatoms. The van der Waals surface area contributed by atoms with Gasteiger partial charge in [-0.25, -0.2) is 4.79 Å². The number of hydrogen-bond donors (Lipinski definition) is 2. The number of methoxy groups -OCH3 is 2. The van der Waals surface area contributed by atoms with Gasteiger partial charge in [-0.2, -0.15) is 0 Å². The zero-order chi connectivity index (χ0) is 24.1. The molecule has 0 aromatic heterocycles. The first-order chi connectivity index (χ1) is 15.7. The van der Waals surface area contributed by atoms with Crippen molar-refractivity contribution in [1.29, 1.82) is 0 Å². The maximum absolute atomic E-state index is 13.0. The summed E-state index contributed by atoms with van der Waals surface area (Å²) < 4.78 is 28.1. The molecule has 0 spiro atoms. The van der Waals surface area contributed by atoms with Gasteiger partial charge in [0.05, 0.1) is 19.8 Å². The number of cyclic esters (lactones) is 1. The Morgan fingerprint density at radius 2 is 1.88 bits per heavy atom. The van der Waals surface area contributed by atoms with Crippen LogP contribution in [0.4, 0.5) is 0 Å². The van der Waals surface area contributed by atoms with Gasteiger partial charge in [-0.15, -0.1) is 0 Å². The highest BCUT2D eigenvalue weighted by atomic mass is 16.6. The van der Waals surface area contributed by atoms with Crippen molar-refractivity contribution in [3.05, 3.63) is 46.5 Å². The van der Waals surface area contributed by atoms with Gasteiger partial charge in [0.15, 0.2) is 11.5 Å². The fourth-order valence-electron chi connectivity index (χ4n) is 3.81. The van der Waals surface area contributed by atoms with E-state index in [4.69, 9.17) is 23.7 Å². The number of aliphatic hydroxyl groups is 2. The third-order valence-corrected chi connectivity index (χ3v) is 5.25. The second kappa shape index (κ2) is 10.9. The Morgan fingerprint density at radius 1 is 1.12 bits per heavy atom. The first-order valence-electron chi connectivity index (χ1n) is 10.9. The highest BCUT2D eigenvalue weighted by molar-refractivity contribution is 5.96. The molecule has 8 nitrogen and oxygen atoms in total. The molecule has 2 N–H and O–H groups in total. The number of aliphatic hydroxyl groups excluding tert-OH is 2. The molecule has 0 saturated carbocycles. The number of ether oxygens (including phenoxy) is 5. The van der Waals surface area contributed by atoms with Crippen molar-refractivity contribution in [1.82, 2.24) is 0 Å². The van der Waals surface area contributed by atoms with Crippen molar-refractivity contribution >= 4 is 5.97 Å². The lowest BCUT2D eigenvalue weighted by atomic mass is 9.96. The van der Waals surface area contributed by atoms with Crippen LogP contribution in [0.3, 0.4) is 0 Å². The predicted octanol–water partition coefficient (Wildman–Crippen LogP) is 3.93. The first kappa shape index (κ1) is 24.8. The van der Waals surface area contributed by atoms with Crippen molar-refractivity contribution < 1.29 is 38.7 Å². The molecule has 0 amide bonds. The average Bonchev–Trinajstić information content (AvgIpc) is 2.75. The molecule has 1 aliphatic rings. The van der Waals surface area contributed by atoms with Gasteiger partial charge in [-0.3, -0.25) is 0 Å². The lowest BCUT2D eigenvalue weighted by Crippen LogP contribution is -2.23.